The topological polar surface area (TPSA) is 65.7 Å². The molecule has 1 saturated heterocycles. The fraction of sp³-hybridized carbons (Fsp3) is 0.909. The van der Waals surface area contributed by atoms with Crippen molar-refractivity contribution in [3.05, 3.63) is 0 Å². The van der Waals surface area contributed by atoms with Gasteiger partial charge in [0.25, 0.3) is 0 Å². The van der Waals surface area contributed by atoms with Crippen LogP contribution in [0.5, 0.6) is 0 Å². The first-order chi connectivity index (χ1) is 7.67. The Bertz CT molecular complexity index is 228. The number of nitrogens with one attached hydrogen (secondary N) is 2. The number of likely N-dealkylation sites (tertiary alicyclic amines) is 1. The zero-order valence-corrected chi connectivity index (χ0v) is 10.7. The Hall–Kier alpha value is -0.810. The van der Waals surface area contributed by atoms with E-state index in [1.807, 2.05) is 0 Å². The van der Waals surface area contributed by atoms with Gasteiger partial charge in [-0.15, -0.1) is 0 Å². The summed E-state index contributed by atoms with van der Waals surface area (Å²) in [6.07, 6.45) is 3.33. The summed E-state index contributed by atoms with van der Waals surface area (Å²) in [5.41, 5.74) is 2.64. The molecule has 4 N–H and O–H groups in total. The maximum Gasteiger partial charge on any atom is 0.205 e. The lowest BCUT2D eigenvalue weighted by Crippen LogP contribution is -2.52. The molecule has 0 aliphatic carbocycles. The Labute approximate surface area is 98.4 Å². The van der Waals surface area contributed by atoms with E-state index in [0.29, 0.717) is 12.1 Å². The van der Waals surface area contributed by atoms with Gasteiger partial charge in [0.05, 0.1) is 0 Å². The van der Waals surface area contributed by atoms with Crippen LogP contribution in [0.25, 0.3) is 0 Å². The summed E-state index contributed by atoms with van der Waals surface area (Å²) in [6, 6.07) is 1.11. The predicted molar refractivity (Wildman–Crippen MR) is 68.2 cm³/mol. The van der Waals surface area contributed by atoms with Crippen molar-refractivity contribution >= 4 is 5.96 Å². The van der Waals surface area contributed by atoms with Crippen molar-refractivity contribution in [2.45, 2.75) is 45.2 Å². The van der Waals surface area contributed by atoms with Gasteiger partial charge in [0.1, 0.15) is 0 Å². The highest BCUT2D eigenvalue weighted by Crippen LogP contribution is 2.14. The number of aliphatic imine (C=N–C) groups is 1. The van der Waals surface area contributed by atoms with Gasteiger partial charge < -0.3 is 10.2 Å². The monoisotopic (exact) mass is 227 g/mol. The molecule has 1 aliphatic heterocycles. The van der Waals surface area contributed by atoms with Gasteiger partial charge in [0.15, 0.2) is 0 Å². The average Bonchev–Trinajstić information content (AvgIpc) is 2.29. The van der Waals surface area contributed by atoms with Crippen molar-refractivity contribution < 1.29 is 0 Å². The molecular formula is C11H25N5. The quantitative estimate of drug-likeness (QED) is 0.281. The van der Waals surface area contributed by atoms with Crippen molar-refractivity contribution in [2.75, 3.05) is 20.1 Å². The van der Waals surface area contributed by atoms with E-state index < -0.39 is 0 Å². The number of hydrogen-bond acceptors (Lipinski definition) is 3. The first-order valence-corrected chi connectivity index (χ1v) is 6.15. The van der Waals surface area contributed by atoms with E-state index in [9.17, 15) is 0 Å². The second-order valence-electron chi connectivity index (χ2n) is 4.57. The number of nitrogens with zero attached hydrogens (tertiary/aromatic N) is 2. The molecule has 0 bridgehead atoms. The Morgan fingerprint density at radius 1 is 1.56 bits per heavy atom. The second kappa shape index (κ2) is 6.70. The molecule has 1 aliphatic rings. The molecule has 2 unspecified atom stereocenters. The van der Waals surface area contributed by atoms with Crippen molar-refractivity contribution in [1.29, 1.82) is 0 Å². The number of guanidine groups is 1. The second-order valence-corrected chi connectivity index (χ2v) is 4.57. The molecular weight excluding hydrogens is 202 g/mol. The Morgan fingerprint density at radius 3 is 2.88 bits per heavy atom. The van der Waals surface area contributed by atoms with E-state index in [4.69, 9.17) is 5.84 Å². The molecule has 5 heteroatoms. The zero-order chi connectivity index (χ0) is 12.0. The minimum Gasteiger partial charge on any atom is -0.352 e. The molecule has 1 fully saturated rings. The third-order valence-electron chi connectivity index (χ3n) is 3.18. The molecule has 0 saturated carbocycles. The fourth-order valence-corrected chi connectivity index (χ4v) is 1.97. The van der Waals surface area contributed by atoms with Crippen LogP contribution < -0.4 is 16.6 Å². The molecule has 0 aromatic heterocycles. The number of rotatable bonds is 3. The summed E-state index contributed by atoms with van der Waals surface area (Å²) < 4.78 is 0. The zero-order valence-electron chi connectivity index (χ0n) is 10.7. The summed E-state index contributed by atoms with van der Waals surface area (Å²) in [6.45, 7) is 6.31. The Morgan fingerprint density at radius 2 is 2.31 bits per heavy atom. The normalized spacial score (nSPS) is 27.9. The summed E-state index contributed by atoms with van der Waals surface area (Å²) in [4.78, 5) is 6.74. The lowest BCUT2D eigenvalue weighted by molar-refractivity contribution is 0.176. The van der Waals surface area contributed by atoms with E-state index >= 15 is 0 Å². The standard InChI is InChI=1S/C11H25N5/c1-4-6-13-11(15-12)14-10-5-7-16(3)9(2)8-10/h9-10H,4-8,12H2,1-3H3,(H2,13,14,15). The molecule has 1 heterocycles. The summed E-state index contributed by atoms with van der Waals surface area (Å²) in [7, 11) is 2.17. The maximum atomic E-state index is 5.44. The number of piperidine rings is 1. The molecule has 5 nitrogen and oxygen atoms in total. The summed E-state index contributed by atoms with van der Waals surface area (Å²) >= 11 is 0. The van der Waals surface area contributed by atoms with E-state index in [0.717, 1.165) is 38.3 Å². The molecule has 0 aromatic carbocycles. The van der Waals surface area contributed by atoms with Crippen molar-refractivity contribution in [3.8, 4) is 0 Å². The lowest BCUT2D eigenvalue weighted by Gasteiger charge is -2.35. The first-order valence-electron chi connectivity index (χ1n) is 6.15. The Kier molecular flexibility index (Phi) is 5.55. The van der Waals surface area contributed by atoms with Crippen LogP contribution in [-0.2, 0) is 0 Å². The maximum absolute atomic E-state index is 5.44. The molecule has 0 amide bonds. The third kappa shape index (κ3) is 3.98. The van der Waals surface area contributed by atoms with Gasteiger partial charge in [-0.3, -0.25) is 10.4 Å². The third-order valence-corrected chi connectivity index (χ3v) is 3.18. The Balaban J connectivity index is 2.40. The minimum atomic E-state index is 0.484. The van der Waals surface area contributed by atoms with Crippen LogP contribution in [0, 0.1) is 0 Å². The number of hydrazine groups is 1. The first kappa shape index (κ1) is 13.3. The van der Waals surface area contributed by atoms with E-state index in [1.165, 1.54) is 0 Å². The van der Waals surface area contributed by atoms with Gasteiger partial charge in [0, 0.05) is 25.2 Å². The molecule has 0 radical (unpaired) electrons. The van der Waals surface area contributed by atoms with Gasteiger partial charge in [-0.2, -0.15) is 0 Å². The summed E-state index contributed by atoms with van der Waals surface area (Å²) in [5.74, 6) is 6.16. The van der Waals surface area contributed by atoms with Gasteiger partial charge in [-0.05, 0) is 33.2 Å². The van der Waals surface area contributed by atoms with Gasteiger partial charge in [0.2, 0.25) is 5.96 Å². The van der Waals surface area contributed by atoms with Crippen LogP contribution in [0.4, 0.5) is 0 Å². The molecule has 2 atom stereocenters. The van der Waals surface area contributed by atoms with Crippen molar-refractivity contribution in [2.24, 2.45) is 10.8 Å². The highest BCUT2D eigenvalue weighted by Gasteiger charge is 2.23. The van der Waals surface area contributed by atoms with Crippen LogP contribution in [0.15, 0.2) is 4.99 Å². The van der Waals surface area contributed by atoms with E-state index in [1.54, 1.807) is 0 Å². The van der Waals surface area contributed by atoms with Crippen LogP contribution >= 0.6 is 0 Å². The van der Waals surface area contributed by atoms with Crippen molar-refractivity contribution in [1.82, 2.24) is 15.6 Å². The van der Waals surface area contributed by atoms with Crippen LogP contribution in [0.3, 0.4) is 0 Å². The predicted octanol–water partition coefficient (Wildman–Crippen LogP) is 0.288. The van der Waals surface area contributed by atoms with E-state index in [-0.39, 0.29) is 0 Å². The van der Waals surface area contributed by atoms with Gasteiger partial charge in [-0.25, -0.2) is 5.84 Å². The average molecular weight is 227 g/mol. The molecule has 0 aromatic rings. The van der Waals surface area contributed by atoms with Crippen LogP contribution in [-0.4, -0.2) is 43.1 Å². The number of hydrogen-bond donors (Lipinski definition) is 3. The molecule has 1 rings (SSSR count). The van der Waals surface area contributed by atoms with Crippen LogP contribution in [0.2, 0.25) is 0 Å². The van der Waals surface area contributed by atoms with E-state index in [2.05, 4.69) is 41.5 Å². The highest BCUT2D eigenvalue weighted by molar-refractivity contribution is 5.79. The lowest BCUT2D eigenvalue weighted by atomic mass is 9.99. The summed E-state index contributed by atoms with van der Waals surface area (Å²) in [5, 5.41) is 3.38. The number of nitrogens with two attached hydrogens (primary N) is 1. The van der Waals surface area contributed by atoms with Gasteiger partial charge in [-0.1, -0.05) is 6.92 Å². The van der Waals surface area contributed by atoms with Crippen LogP contribution in [0.1, 0.15) is 33.1 Å². The largest absolute Gasteiger partial charge is 0.352 e. The molecule has 16 heavy (non-hydrogen) atoms. The highest BCUT2D eigenvalue weighted by atomic mass is 15.3. The SMILES string of the molecule is CCCN=C(NN)NC1CCN(C)C(C)C1. The molecule has 94 valence electrons. The fourth-order valence-electron chi connectivity index (χ4n) is 1.97. The molecule has 0 spiro atoms. The smallest absolute Gasteiger partial charge is 0.205 e. The van der Waals surface area contributed by atoms with Gasteiger partial charge >= 0.3 is 0 Å². The van der Waals surface area contributed by atoms with Crippen molar-refractivity contribution in [3.63, 3.8) is 0 Å². The minimum absolute atomic E-state index is 0.484.